The summed E-state index contributed by atoms with van der Waals surface area (Å²) in [5, 5.41) is 3.01. The van der Waals surface area contributed by atoms with Crippen molar-refractivity contribution < 1.29 is 14.3 Å². The van der Waals surface area contributed by atoms with Crippen LogP contribution in [0.3, 0.4) is 0 Å². The molecule has 0 bridgehead atoms. The Kier molecular flexibility index (Phi) is 6.83. The van der Waals surface area contributed by atoms with Crippen molar-refractivity contribution in [1.29, 1.82) is 0 Å². The Labute approximate surface area is 149 Å². The highest BCUT2D eigenvalue weighted by atomic mass is 16.5. The van der Waals surface area contributed by atoms with Gasteiger partial charge in [0, 0.05) is 12.6 Å². The van der Waals surface area contributed by atoms with Gasteiger partial charge in [-0.15, -0.1) is 0 Å². The molecular weight excluding hydrogens is 316 g/mol. The fourth-order valence-corrected chi connectivity index (χ4v) is 2.62. The average Bonchev–Trinajstić information content (AvgIpc) is 2.64. The molecule has 1 unspecified atom stereocenters. The quantitative estimate of drug-likeness (QED) is 0.801. The van der Waals surface area contributed by atoms with Gasteiger partial charge in [0.05, 0.1) is 19.8 Å². The minimum absolute atomic E-state index is 0.171. The fraction of sp³-hybridized carbons (Fsp3) is 0.350. The van der Waals surface area contributed by atoms with Crippen molar-refractivity contribution in [2.45, 2.75) is 12.5 Å². The second-order valence-electron chi connectivity index (χ2n) is 6.08. The molecule has 0 saturated heterocycles. The third kappa shape index (κ3) is 5.22. The van der Waals surface area contributed by atoms with Gasteiger partial charge in [-0.1, -0.05) is 30.3 Å². The Morgan fingerprint density at radius 1 is 1.08 bits per heavy atom. The summed E-state index contributed by atoms with van der Waals surface area (Å²) in [5.74, 6) is 0.984. The number of amides is 1. The van der Waals surface area contributed by atoms with Crippen LogP contribution in [0.4, 0.5) is 0 Å². The summed E-state index contributed by atoms with van der Waals surface area (Å²) in [6.45, 7) is 0.543. The van der Waals surface area contributed by atoms with Gasteiger partial charge < -0.3 is 19.7 Å². The first-order valence-corrected chi connectivity index (χ1v) is 8.25. The van der Waals surface area contributed by atoms with E-state index in [1.54, 1.807) is 32.4 Å². The third-order valence-corrected chi connectivity index (χ3v) is 4.19. The fourth-order valence-electron chi connectivity index (χ4n) is 2.62. The van der Waals surface area contributed by atoms with E-state index < -0.39 is 0 Å². The molecule has 134 valence electrons. The van der Waals surface area contributed by atoms with Gasteiger partial charge in [0.1, 0.15) is 11.5 Å². The number of benzene rings is 2. The van der Waals surface area contributed by atoms with Crippen LogP contribution in [0, 0.1) is 0 Å². The van der Waals surface area contributed by atoms with Gasteiger partial charge in [-0.05, 0) is 44.3 Å². The van der Waals surface area contributed by atoms with Crippen LogP contribution in [0.1, 0.15) is 15.9 Å². The Morgan fingerprint density at radius 3 is 2.40 bits per heavy atom. The largest absolute Gasteiger partial charge is 0.497 e. The van der Waals surface area contributed by atoms with E-state index in [1.807, 2.05) is 32.3 Å². The highest BCUT2D eigenvalue weighted by Crippen LogP contribution is 2.23. The van der Waals surface area contributed by atoms with Gasteiger partial charge in [0.2, 0.25) is 0 Å². The Hall–Kier alpha value is -2.53. The maximum atomic E-state index is 12.6. The number of rotatable bonds is 8. The molecule has 0 radical (unpaired) electrons. The maximum Gasteiger partial charge on any atom is 0.255 e. The van der Waals surface area contributed by atoms with Gasteiger partial charge in [0.25, 0.3) is 5.91 Å². The molecule has 1 atom stereocenters. The zero-order chi connectivity index (χ0) is 18.2. The minimum atomic E-state index is -0.171. The molecule has 5 heteroatoms. The van der Waals surface area contributed by atoms with Gasteiger partial charge in [-0.25, -0.2) is 0 Å². The molecule has 0 fully saturated rings. The van der Waals surface area contributed by atoms with Crippen LogP contribution < -0.4 is 14.8 Å². The normalized spacial score (nSPS) is 11.9. The Bertz CT molecular complexity index is 687. The van der Waals surface area contributed by atoms with Gasteiger partial charge >= 0.3 is 0 Å². The number of carbonyl (C=O) groups excluding carboxylic acids is 1. The Morgan fingerprint density at radius 2 is 1.80 bits per heavy atom. The van der Waals surface area contributed by atoms with E-state index in [-0.39, 0.29) is 11.9 Å². The number of hydrogen-bond donors (Lipinski definition) is 1. The monoisotopic (exact) mass is 342 g/mol. The number of hydrogen-bond acceptors (Lipinski definition) is 4. The van der Waals surface area contributed by atoms with E-state index in [1.165, 1.54) is 5.56 Å². The smallest absolute Gasteiger partial charge is 0.255 e. The number of methoxy groups -OCH3 is 2. The molecule has 0 heterocycles. The van der Waals surface area contributed by atoms with E-state index in [4.69, 9.17) is 9.47 Å². The first-order valence-electron chi connectivity index (χ1n) is 8.25. The van der Waals surface area contributed by atoms with Gasteiger partial charge in [-0.2, -0.15) is 0 Å². The maximum absolute atomic E-state index is 12.6. The predicted molar refractivity (Wildman–Crippen MR) is 99.5 cm³/mol. The summed E-state index contributed by atoms with van der Waals surface area (Å²) in [6.07, 6.45) is 0.864. The minimum Gasteiger partial charge on any atom is -0.497 e. The van der Waals surface area contributed by atoms with Crippen LogP contribution >= 0.6 is 0 Å². The van der Waals surface area contributed by atoms with Gasteiger partial charge in [-0.3, -0.25) is 4.79 Å². The molecule has 5 nitrogen and oxygen atoms in total. The van der Waals surface area contributed by atoms with Crippen LogP contribution in [0.5, 0.6) is 11.5 Å². The van der Waals surface area contributed by atoms with Crippen LogP contribution in [0.15, 0.2) is 48.5 Å². The average molecular weight is 342 g/mol. The highest BCUT2D eigenvalue weighted by Gasteiger charge is 2.17. The lowest BCUT2D eigenvalue weighted by molar-refractivity contribution is 0.0938. The van der Waals surface area contributed by atoms with Crippen molar-refractivity contribution in [3.63, 3.8) is 0 Å². The van der Waals surface area contributed by atoms with E-state index >= 15 is 0 Å². The van der Waals surface area contributed by atoms with Crippen LogP contribution in [-0.2, 0) is 6.42 Å². The first-order chi connectivity index (χ1) is 12.0. The van der Waals surface area contributed by atoms with Crippen molar-refractivity contribution in [2.24, 2.45) is 0 Å². The molecule has 25 heavy (non-hydrogen) atoms. The lowest BCUT2D eigenvalue weighted by Gasteiger charge is -2.25. The first kappa shape index (κ1) is 18.8. The van der Waals surface area contributed by atoms with Crippen LogP contribution in [0.25, 0.3) is 0 Å². The van der Waals surface area contributed by atoms with E-state index in [2.05, 4.69) is 22.3 Å². The molecule has 0 aliphatic rings. The summed E-state index contributed by atoms with van der Waals surface area (Å²) >= 11 is 0. The van der Waals surface area contributed by atoms with Crippen LogP contribution in [-0.4, -0.2) is 51.7 Å². The number of nitrogens with zero attached hydrogens (tertiary/aromatic N) is 1. The SMILES string of the molecule is COc1ccc(OC)c(C(=O)NCC(Cc2ccccc2)N(C)C)c1. The van der Waals surface area contributed by atoms with E-state index in [0.29, 0.717) is 23.6 Å². The standard InChI is InChI=1S/C20H26N2O3/c1-22(2)16(12-15-8-6-5-7-9-15)14-21-20(23)18-13-17(24-3)10-11-19(18)25-4/h5-11,13,16H,12,14H2,1-4H3,(H,21,23). The molecule has 1 N–H and O–H groups in total. The summed E-state index contributed by atoms with van der Waals surface area (Å²) in [7, 11) is 7.17. The number of carbonyl (C=O) groups is 1. The second kappa shape index (κ2) is 9.08. The highest BCUT2D eigenvalue weighted by molar-refractivity contribution is 5.97. The zero-order valence-corrected chi connectivity index (χ0v) is 15.3. The molecule has 2 rings (SSSR count). The summed E-state index contributed by atoms with van der Waals surface area (Å²) < 4.78 is 10.5. The van der Waals surface area contributed by atoms with Crippen molar-refractivity contribution in [2.75, 3.05) is 34.9 Å². The van der Waals surface area contributed by atoms with Gasteiger partial charge in [0.15, 0.2) is 0 Å². The molecule has 2 aromatic carbocycles. The van der Waals surface area contributed by atoms with Crippen molar-refractivity contribution in [3.05, 3.63) is 59.7 Å². The van der Waals surface area contributed by atoms with E-state index in [0.717, 1.165) is 6.42 Å². The Balaban J connectivity index is 2.06. The van der Waals surface area contributed by atoms with Crippen molar-refractivity contribution in [3.8, 4) is 11.5 Å². The molecular formula is C20H26N2O3. The molecule has 0 aromatic heterocycles. The van der Waals surface area contributed by atoms with Crippen molar-refractivity contribution >= 4 is 5.91 Å². The zero-order valence-electron chi connectivity index (χ0n) is 15.3. The predicted octanol–water partition coefficient (Wildman–Crippen LogP) is 2.61. The summed E-state index contributed by atoms with van der Waals surface area (Å²) in [6, 6.07) is 15.7. The molecule has 2 aromatic rings. The number of nitrogens with one attached hydrogen (secondary N) is 1. The van der Waals surface area contributed by atoms with E-state index in [9.17, 15) is 4.79 Å². The lowest BCUT2D eigenvalue weighted by Crippen LogP contribution is -2.41. The molecule has 1 amide bonds. The lowest BCUT2D eigenvalue weighted by atomic mass is 10.0. The second-order valence-corrected chi connectivity index (χ2v) is 6.08. The summed E-state index contributed by atoms with van der Waals surface area (Å²) in [5.41, 5.74) is 1.72. The molecule has 0 aliphatic heterocycles. The number of likely N-dealkylation sites (N-methyl/N-ethyl adjacent to an activating group) is 1. The molecule has 0 aliphatic carbocycles. The van der Waals surface area contributed by atoms with Crippen LogP contribution in [0.2, 0.25) is 0 Å². The summed E-state index contributed by atoms with van der Waals surface area (Å²) in [4.78, 5) is 14.7. The third-order valence-electron chi connectivity index (χ3n) is 4.19. The van der Waals surface area contributed by atoms with Crippen molar-refractivity contribution in [1.82, 2.24) is 10.2 Å². The topological polar surface area (TPSA) is 50.8 Å². The number of ether oxygens (including phenoxy) is 2. The molecule has 0 saturated carbocycles. The molecule has 0 spiro atoms.